The van der Waals surface area contributed by atoms with Gasteiger partial charge in [-0.05, 0) is 25.3 Å². The number of likely N-dealkylation sites (N-methyl/N-ethyl adjacent to an activating group) is 1. The van der Waals surface area contributed by atoms with E-state index in [1.165, 1.54) is 9.80 Å². The van der Waals surface area contributed by atoms with Gasteiger partial charge < -0.3 is 19.4 Å². The molecule has 7 heteroatoms. The van der Waals surface area contributed by atoms with Crippen LogP contribution in [0.1, 0.15) is 25.3 Å². The molecule has 27 heavy (non-hydrogen) atoms. The lowest BCUT2D eigenvalue weighted by molar-refractivity contribution is -0.158. The number of nitrogens with zero attached hydrogens (tertiary/aromatic N) is 3. The van der Waals surface area contributed by atoms with Crippen molar-refractivity contribution in [1.29, 1.82) is 0 Å². The van der Waals surface area contributed by atoms with Gasteiger partial charge >= 0.3 is 11.8 Å². The van der Waals surface area contributed by atoms with Crippen LogP contribution in [0.25, 0.3) is 0 Å². The average molecular weight is 373 g/mol. The van der Waals surface area contributed by atoms with Crippen molar-refractivity contribution in [1.82, 2.24) is 14.7 Å². The summed E-state index contributed by atoms with van der Waals surface area (Å²) in [6.07, 6.45) is 1.79. The molecule has 3 amide bonds. The Hall–Kier alpha value is -2.41. The van der Waals surface area contributed by atoms with Crippen molar-refractivity contribution in [2.24, 2.45) is 0 Å². The molecular weight excluding hydrogens is 346 g/mol. The van der Waals surface area contributed by atoms with Gasteiger partial charge in [0, 0.05) is 32.7 Å². The largest absolute Gasteiger partial charge is 0.372 e. The summed E-state index contributed by atoms with van der Waals surface area (Å²) in [5.41, 5.74) is 1.11. The Balaban J connectivity index is 1.49. The van der Waals surface area contributed by atoms with E-state index in [9.17, 15) is 14.4 Å². The molecule has 0 radical (unpaired) electrons. The second kappa shape index (κ2) is 8.99. The summed E-state index contributed by atoms with van der Waals surface area (Å²) in [5, 5.41) is 0. The first-order valence-corrected chi connectivity index (χ1v) is 9.60. The van der Waals surface area contributed by atoms with Gasteiger partial charge in [-0.1, -0.05) is 30.3 Å². The lowest BCUT2D eigenvalue weighted by atomic mass is 10.1. The fraction of sp³-hybridized carbons (Fsp3) is 0.550. The molecule has 2 heterocycles. The van der Waals surface area contributed by atoms with Crippen molar-refractivity contribution >= 4 is 17.7 Å². The summed E-state index contributed by atoms with van der Waals surface area (Å²) in [6, 6.07) is 9.96. The van der Waals surface area contributed by atoms with E-state index in [-0.39, 0.29) is 18.6 Å². The molecule has 0 N–H and O–H groups in total. The summed E-state index contributed by atoms with van der Waals surface area (Å²) >= 11 is 0. The lowest BCUT2D eigenvalue weighted by Crippen LogP contribution is -2.57. The molecule has 2 fully saturated rings. The lowest BCUT2D eigenvalue weighted by Gasteiger charge is -2.36. The molecule has 146 valence electrons. The third kappa shape index (κ3) is 4.86. The SMILES string of the molecule is CCN1CCN(CC(=O)N2CCCC(OCc3ccccc3)C2)C(=O)C1=O. The van der Waals surface area contributed by atoms with Gasteiger partial charge in [-0.15, -0.1) is 0 Å². The number of hydrogen-bond acceptors (Lipinski definition) is 4. The Kier molecular flexibility index (Phi) is 6.45. The molecule has 1 aromatic rings. The van der Waals surface area contributed by atoms with E-state index in [1.807, 2.05) is 37.3 Å². The third-order valence-corrected chi connectivity index (χ3v) is 5.16. The number of likely N-dealkylation sites (tertiary alicyclic amines) is 1. The van der Waals surface area contributed by atoms with Gasteiger partial charge in [0.15, 0.2) is 0 Å². The molecule has 1 aromatic carbocycles. The number of hydrogen-bond donors (Lipinski definition) is 0. The predicted molar refractivity (Wildman–Crippen MR) is 99.7 cm³/mol. The molecule has 0 aliphatic carbocycles. The summed E-state index contributed by atoms with van der Waals surface area (Å²) in [6.45, 7) is 4.94. The predicted octanol–water partition coefficient (Wildman–Crippen LogP) is 0.885. The van der Waals surface area contributed by atoms with Crippen LogP contribution in [0.3, 0.4) is 0 Å². The number of carbonyl (C=O) groups excluding carboxylic acids is 3. The van der Waals surface area contributed by atoms with Crippen LogP contribution in [0.4, 0.5) is 0 Å². The maximum absolute atomic E-state index is 12.6. The summed E-state index contributed by atoms with van der Waals surface area (Å²) < 4.78 is 5.97. The molecule has 0 saturated carbocycles. The Morgan fingerprint density at radius 1 is 1.07 bits per heavy atom. The molecule has 7 nitrogen and oxygen atoms in total. The summed E-state index contributed by atoms with van der Waals surface area (Å²) in [4.78, 5) is 41.4. The fourth-order valence-electron chi connectivity index (χ4n) is 3.52. The van der Waals surface area contributed by atoms with Crippen molar-refractivity contribution in [3.63, 3.8) is 0 Å². The average Bonchev–Trinajstić information content (AvgIpc) is 2.71. The smallest absolute Gasteiger partial charge is 0.312 e. The Morgan fingerprint density at radius 2 is 1.78 bits per heavy atom. The van der Waals surface area contributed by atoms with E-state index in [0.717, 1.165) is 18.4 Å². The monoisotopic (exact) mass is 373 g/mol. The minimum Gasteiger partial charge on any atom is -0.372 e. The highest BCUT2D eigenvalue weighted by molar-refractivity contribution is 6.35. The van der Waals surface area contributed by atoms with Gasteiger partial charge in [-0.3, -0.25) is 14.4 Å². The standard InChI is InChI=1S/C20H27N3O4/c1-2-21-11-12-23(20(26)19(21)25)14-18(24)22-10-6-9-17(13-22)27-15-16-7-4-3-5-8-16/h3-5,7-8,17H,2,6,9-15H2,1H3. The molecular formula is C20H27N3O4. The van der Waals surface area contributed by atoms with Gasteiger partial charge in [-0.25, -0.2) is 0 Å². The molecule has 2 aliphatic rings. The quantitative estimate of drug-likeness (QED) is 0.695. The van der Waals surface area contributed by atoms with E-state index in [1.54, 1.807) is 4.90 Å². The van der Waals surface area contributed by atoms with Gasteiger partial charge in [0.2, 0.25) is 5.91 Å². The first-order valence-electron chi connectivity index (χ1n) is 9.60. The van der Waals surface area contributed by atoms with E-state index >= 15 is 0 Å². The van der Waals surface area contributed by atoms with Crippen LogP contribution in [-0.4, -0.2) is 77.8 Å². The van der Waals surface area contributed by atoms with E-state index in [4.69, 9.17) is 4.74 Å². The molecule has 0 bridgehead atoms. The molecule has 0 spiro atoms. The highest BCUT2D eigenvalue weighted by Gasteiger charge is 2.34. The van der Waals surface area contributed by atoms with Crippen molar-refractivity contribution < 1.29 is 19.1 Å². The van der Waals surface area contributed by atoms with Gasteiger partial charge in [-0.2, -0.15) is 0 Å². The number of piperazine rings is 1. The highest BCUT2D eigenvalue weighted by Crippen LogP contribution is 2.16. The zero-order valence-corrected chi connectivity index (χ0v) is 15.8. The topological polar surface area (TPSA) is 70.2 Å². The minimum atomic E-state index is -0.578. The zero-order valence-electron chi connectivity index (χ0n) is 15.8. The van der Waals surface area contributed by atoms with Crippen molar-refractivity contribution in [3.8, 4) is 0 Å². The number of benzene rings is 1. The number of rotatable bonds is 6. The second-order valence-electron chi connectivity index (χ2n) is 7.01. The first kappa shape index (κ1) is 19.4. The first-order chi connectivity index (χ1) is 13.1. The van der Waals surface area contributed by atoms with Gasteiger partial charge in [0.05, 0.1) is 12.7 Å². The van der Waals surface area contributed by atoms with E-state index in [2.05, 4.69) is 0 Å². The Labute approximate surface area is 159 Å². The van der Waals surface area contributed by atoms with Crippen LogP contribution >= 0.6 is 0 Å². The molecule has 2 saturated heterocycles. The molecule has 1 atom stereocenters. The van der Waals surface area contributed by atoms with Crippen LogP contribution < -0.4 is 0 Å². The highest BCUT2D eigenvalue weighted by atomic mass is 16.5. The van der Waals surface area contributed by atoms with E-state index < -0.39 is 11.8 Å². The maximum Gasteiger partial charge on any atom is 0.312 e. The molecule has 2 aliphatic heterocycles. The Bertz CT molecular complexity index is 679. The summed E-state index contributed by atoms with van der Waals surface area (Å²) in [7, 11) is 0. The molecule has 0 aromatic heterocycles. The fourth-order valence-corrected chi connectivity index (χ4v) is 3.52. The van der Waals surface area contributed by atoms with Gasteiger partial charge in [0.1, 0.15) is 6.54 Å². The number of ether oxygens (including phenoxy) is 1. The third-order valence-electron chi connectivity index (χ3n) is 5.16. The van der Waals surface area contributed by atoms with Crippen molar-refractivity contribution in [3.05, 3.63) is 35.9 Å². The second-order valence-corrected chi connectivity index (χ2v) is 7.01. The van der Waals surface area contributed by atoms with Crippen molar-refractivity contribution in [2.45, 2.75) is 32.5 Å². The number of carbonyl (C=O) groups is 3. The maximum atomic E-state index is 12.6. The molecule has 3 rings (SSSR count). The number of amides is 3. The summed E-state index contributed by atoms with van der Waals surface area (Å²) in [5.74, 6) is -1.21. The number of piperidine rings is 1. The zero-order chi connectivity index (χ0) is 19.2. The van der Waals surface area contributed by atoms with Crippen LogP contribution in [-0.2, 0) is 25.7 Å². The van der Waals surface area contributed by atoms with Crippen LogP contribution in [0.5, 0.6) is 0 Å². The Morgan fingerprint density at radius 3 is 2.52 bits per heavy atom. The van der Waals surface area contributed by atoms with Crippen LogP contribution in [0.15, 0.2) is 30.3 Å². The van der Waals surface area contributed by atoms with Crippen LogP contribution in [0, 0.1) is 0 Å². The van der Waals surface area contributed by atoms with E-state index in [0.29, 0.717) is 39.3 Å². The van der Waals surface area contributed by atoms with Crippen molar-refractivity contribution in [2.75, 3.05) is 39.3 Å². The minimum absolute atomic E-state index is 0.00261. The molecule has 1 unspecified atom stereocenters. The van der Waals surface area contributed by atoms with Crippen LogP contribution in [0.2, 0.25) is 0 Å². The normalized spacial score (nSPS) is 20.9. The van der Waals surface area contributed by atoms with Gasteiger partial charge in [0.25, 0.3) is 0 Å².